The minimum absolute atomic E-state index is 0.0663. The van der Waals surface area contributed by atoms with E-state index in [0.717, 1.165) is 29.3 Å². The first-order chi connectivity index (χ1) is 9.64. The van der Waals surface area contributed by atoms with Crippen molar-refractivity contribution in [2.45, 2.75) is 65.5 Å². The van der Waals surface area contributed by atoms with Crippen molar-refractivity contribution in [2.24, 2.45) is 5.41 Å². The first-order valence-electron chi connectivity index (χ1n) is 7.57. The molecule has 0 aliphatic heterocycles. The highest BCUT2D eigenvalue weighted by molar-refractivity contribution is 9.10. The van der Waals surface area contributed by atoms with Gasteiger partial charge in [0, 0.05) is 29.5 Å². The second-order valence-electron chi connectivity index (χ2n) is 7.35. The zero-order valence-electron chi connectivity index (χ0n) is 13.8. The van der Waals surface area contributed by atoms with Crippen molar-refractivity contribution in [3.8, 4) is 0 Å². The molecule has 2 unspecified atom stereocenters. The summed E-state index contributed by atoms with van der Waals surface area (Å²) in [6, 6.07) is 2.32. The summed E-state index contributed by atoms with van der Waals surface area (Å²) in [4.78, 5) is 9.15. The Bertz CT molecular complexity index is 511. The van der Waals surface area contributed by atoms with Crippen LogP contribution in [0.4, 0.5) is 5.82 Å². The lowest BCUT2D eigenvalue weighted by molar-refractivity contribution is -0.0976. The molecule has 5 heteroatoms. The lowest BCUT2D eigenvalue weighted by atomic mass is 9.64. The van der Waals surface area contributed by atoms with Gasteiger partial charge in [-0.1, -0.05) is 34.6 Å². The Hall–Kier alpha value is -0.680. The number of halogens is 1. The SMILES string of the molecule is CCOC1CC(Nc2cc(Br)nc(C(C)(C)C)n2)C1(C)C. The topological polar surface area (TPSA) is 47.0 Å². The van der Waals surface area contributed by atoms with Crippen LogP contribution in [0.2, 0.25) is 0 Å². The van der Waals surface area contributed by atoms with Crippen LogP contribution in [0, 0.1) is 5.41 Å². The summed E-state index contributed by atoms with van der Waals surface area (Å²) in [6.45, 7) is 13.7. The van der Waals surface area contributed by atoms with Crippen LogP contribution in [0.25, 0.3) is 0 Å². The highest BCUT2D eigenvalue weighted by Crippen LogP contribution is 2.44. The maximum atomic E-state index is 5.78. The van der Waals surface area contributed by atoms with Crippen LogP contribution in [-0.2, 0) is 10.2 Å². The number of anilines is 1. The summed E-state index contributed by atoms with van der Waals surface area (Å²) in [5.41, 5.74) is 0.0541. The number of nitrogens with zero attached hydrogens (tertiary/aromatic N) is 2. The van der Waals surface area contributed by atoms with E-state index in [-0.39, 0.29) is 10.8 Å². The Labute approximate surface area is 136 Å². The summed E-state index contributed by atoms with van der Waals surface area (Å²) >= 11 is 3.48. The first kappa shape index (κ1) is 16.7. The number of hydrogen-bond donors (Lipinski definition) is 1. The van der Waals surface area contributed by atoms with Crippen LogP contribution >= 0.6 is 15.9 Å². The monoisotopic (exact) mass is 355 g/mol. The normalized spacial score (nSPS) is 24.5. The van der Waals surface area contributed by atoms with Crippen LogP contribution in [-0.4, -0.2) is 28.7 Å². The van der Waals surface area contributed by atoms with Crippen LogP contribution in [0.1, 0.15) is 53.8 Å². The third kappa shape index (κ3) is 3.57. The molecule has 1 aliphatic rings. The van der Waals surface area contributed by atoms with Gasteiger partial charge >= 0.3 is 0 Å². The van der Waals surface area contributed by atoms with E-state index in [0.29, 0.717) is 12.1 Å². The molecule has 2 atom stereocenters. The van der Waals surface area contributed by atoms with Gasteiger partial charge in [0.1, 0.15) is 16.2 Å². The van der Waals surface area contributed by atoms with Gasteiger partial charge in [-0.2, -0.15) is 0 Å². The summed E-state index contributed by atoms with van der Waals surface area (Å²) in [7, 11) is 0. The average molecular weight is 356 g/mol. The van der Waals surface area contributed by atoms with E-state index in [1.54, 1.807) is 0 Å². The van der Waals surface area contributed by atoms with E-state index in [1.807, 2.05) is 13.0 Å². The van der Waals surface area contributed by atoms with Crippen molar-refractivity contribution in [1.82, 2.24) is 9.97 Å². The summed E-state index contributed by atoms with van der Waals surface area (Å²) in [5, 5.41) is 3.55. The van der Waals surface area contributed by atoms with Gasteiger partial charge in [-0.3, -0.25) is 0 Å². The molecule has 0 saturated heterocycles. The molecule has 0 aromatic carbocycles. The lowest BCUT2D eigenvalue weighted by Crippen LogP contribution is -2.58. The fraction of sp³-hybridized carbons (Fsp3) is 0.750. The van der Waals surface area contributed by atoms with Gasteiger partial charge in [0.2, 0.25) is 0 Å². The van der Waals surface area contributed by atoms with Gasteiger partial charge in [-0.25, -0.2) is 9.97 Å². The van der Waals surface area contributed by atoms with Crippen molar-refractivity contribution >= 4 is 21.7 Å². The van der Waals surface area contributed by atoms with E-state index >= 15 is 0 Å². The van der Waals surface area contributed by atoms with Crippen LogP contribution < -0.4 is 5.32 Å². The first-order valence-corrected chi connectivity index (χ1v) is 8.37. The van der Waals surface area contributed by atoms with Crippen LogP contribution in [0.15, 0.2) is 10.7 Å². The lowest BCUT2D eigenvalue weighted by Gasteiger charge is -2.51. The van der Waals surface area contributed by atoms with E-state index < -0.39 is 0 Å². The van der Waals surface area contributed by atoms with Gasteiger partial charge in [-0.05, 0) is 29.3 Å². The van der Waals surface area contributed by atoms with E-state index in [1.165, 1.54) is 0 Å². The minimum Gasteiger partial charge on any atom is -0.378 e. The third-order valence-corrected chi connectivity index (χ3v) is 4.64. The molecule has 0 radical (unpaired) electrons. The molecule has 0 bridgehead atoms. The predicted octanol–water partition coefficient (Wildman–Crippen LogP) is 4.15. The molecular weight excluding hydrogens is 330 g/mol. The molecule has 118 valence electrons. The molecule has 0 amide bonds. The molecule has 1 heterocycles. The maximum absolute atomic E-state index is 5.78. The van der Waals surface area contributed by atoms with Crippen molar-refractivity contribution < 1.29 is 4.74 Å². The number of aromatic nitrogens is 2. The van der Waals surface area contributed by atoms with Crippen molar-refractivity contribution in [3.05, 3.63) is 16.5 Å². The molecule has 1 N–H and O–H groups in total. The molecule has 1 fully saturated rings. The molecule has 1 saturated carbocycles. The Morgan fingerprint density at radius 1 is 1.38 bits per heavy atom. The van der Waals surface area contributed by atoms with Crippen molar-refractivity contribution in [3.63, 3.8) is 0 Å². The van der Waals surface area contributed by atoms with E-state index in [4.69, 9.17) is 4.74 Å². The number of hydrogen-bond acceptors (Lipinski definition) is 4. The predicted molar refractivity (Wildman–Crippen MR) is 89.7 cm³/mol. The van der Waals surface area contributed by atoms with Crippen molar-refractivity contribution in [2.75, 3.05) is 11.9 Å². The minimum atomic E-state index is -0.0663. The van der Waals surface area contributed by atoms with Gasteiger partial charge < -0.3 is 10.1 Å². The molecule has 1 aliphatic carbocycles. The highest BCUT2D eigenvalue weighted by atomic mass is 79.9. The largest absolute Gasteiger partial charge is 0.378 e. The Morgan fingerprint density at radius 2 is 2.05 bits per heavy atom. The second kappa shape index (κ2) is 5.84. The zero-order valence-corrected chi connectivity index (χ0v) is 15.4. The standard InChI is InChI=1S/C16H26BrN3O/c1-7-21-11-8-10(16(11,5)6)18-13-9-12(17)19-14(20-13)15(2,3)4/h9-11H,7-8H2,1-6H3,(H,18,19,20). The number of rotatable bonds is 4. The molecule has 1 aromatic heterocycles. The zero-order chi connectivity index (χ0) is 15.8. The molecule has 4 nitrogen and oxygen atoms in total. The third-order valence-electron chi connectivity index (χ3n) is 4.23. The fourth-order valence-corrected chi connectivity index (χ4v) is 3.00. The second-order valence-corrected chi connectivity index (χ2v) is 8.16. The van der Waals surface area contributed by atoms with E-state index in [9.17, 15) is 0 Å². The van der Waals surface area contributed by atoms with Gasteiger partial charge in [0.25, 0.3) is 0 Å². The summed E-state index contributed by atoms with van der Waals surface area (Å²) in [5.74, 6) is 1.73. The maximum Gasteiger partial charge on any atom is 0.137 e. The summed E-state index contributed by atoms with van der Waals surface area (Å²) in [6.07, 6.45) is 1.35. The van der Waals surface area contributed by atoms with Gasteiger partial charge in [0.15, 0.2) is 0 Å². The molecular formula is C16H26BrN3O. The molecule has 2 rings (SSSR count). The molecule has 1 aromatic rings. The smallest absolute Gasteiger partial charge is 0.137 e. The quantitative estimate of drug-likeness (QED) is 0.824. The Morgan fingerprint density at radius 3 is 2.57 bits per heavy atom. The number of ether oxygens (including phenoxy) is 1. The van der Waals surface area contributed by atoms with E-state index in [2.05, 4.69) is 65.8 Å². The molecule has 0 spiro atoms. The van der Waals surface area contributed by atoms with Crippen molar-refractivity contribution in [1.29, 1.82) is 0 Å². The van der Waals surface area contributed by atoms with Gasteiger partial charge in [0.05, 0.1) is 6.10 Å². The Kier molecular flexibility index (Phi) is 4.64. The van der Waals surface area contributed by atoms with Crippen LogP contribution in [0.5, 0.6) is 0 Å². The highest BCUT2D eigenvalue weighted by Gasteiger charge is 2.49. The average Bonchev–Trinajstić information content (AvgIpc) is 2.36. The number of nitrogens with one attached hydrogen (secondary N) is 1. The summed E-state index contributed by atoms with van der Waals surface area (Å²) < 4.78 is 6.60. The van der Waals surface area contributed by atoms with Gasteiger partial charge in [-0.15, -0.1) is 0 Å². The fourth-order valence-electron chi connectivity index (χ4n) is 2.62. The van der Waals surface area contributed by atoms with Crippen LogP contribution in [0.3, 0.4) is 0 Å². The Balaban J connectivity index is 2.13. The molecule has 21 heavy (non-hydrogen) atoms.